The summed E-state index contributed by atoms with van der Waals surface area (Å²) in [4.78, 5) is 2.52. The van der Waals surface area contributed by atoms with Gasteiger partial charge in [0, 0.05) is 32.3 Å². The van der Waals surface area contributed by atoms with Crippen molar-refractivity contribution in [1.29, 1.82) is 0 Å². The van der Waals surface area contributed by atoms with E-state index in [1.54, 1.807) is 7.11 Å². The number of nitrogens with two attached hydrogens (primary N) is 1. The molecule has 2 atom stereocenters. The average molecular weight is 262 g/mol. The third-order valence-corrected chi connectivity index (χ3v) is 4.19. The molecule has 1 fully saturated rings. The lowest BCUT2D eigenvalue weighted by Crippen LogP contribution is -2.43. The summed E-state index contributed by atoms with van der Waals surface area (Å²) < 4.78 is 5.27. The highest BCUT2D eigenvalue weighted by Crippen LogP contribution is 2.37. The monoisotopic (exact) mass is 262 g/mol. The van der Waals surface area contributed by atoms with Crippen molar-refractivity contribution in [3.8, 4) is 0 Å². The van der Waals surface area contributed by atoms with E-state index in [-0.39, 0.29) is 0 Å². The standard InChI is InChI=1S/C16H26N2O/c1-13(14-8-9-14)18(10-11-19-2)16(12-17)15-6-4-3-5-7-15/h3-7,13-14,16H,8-12,17H2,1-2H3. The molecule has 0 aromatic heterocycles. The van der Waals surface area contributed by atoms with Crippen LogP contribution >= 0.6 is 0 Å². The molecule has 1 saturated carbocycles. The number of benzene rings is 1. The molecule has 0 bridgehead atoms. The highest BCUT2D eigenvalue weighted by atomic mass is 16.5. The minimum atomic E-state index is 0.298. The Balaban J connectivity index is 2.13. The summed E-state index contributed by atoms with van der Waals surface area (Å²) in [6, 6.07) is 11.5. The number of hydrogen-bond donors (Lipinski definition) is 1. The third kappa shape index (κ3) is 3.78. The highest BCUT2D eigenvalue weighted by Gasteiger charge is 2.34. The van der Waals surface area contributed by atoms with Gasteiger partial charge >= 0.3 is 0 Å². The van der Waals surface area contributed by atoms with Gasteiger partial charge in [-0.1, -0.05) is 30.3 Å². The molecule has 2 unspecified atom stereocenters. The first-order valence-electron chi connectivity index (χ1n) is 7.27. The summed E-state index contributed by atoms with van der Waals surface area (Å²) in [5.74, 6) is 0.842. The van der Waals surface area contributed by atoms with Crippen molar-refractivity contribution in [3.05, 3.63) is 35.9 Å². The summed E-state index contributed by atoms with van der Waals surface area (Å²) >= 11 is 0. The Morgan fingerprint density at radius 3 is 2.53 bits per heavy atom. The van der Waals surface area contributed by atoms with Crippen molar-refractivity contribution in [1.82, 2.24) is 4.90 Å². The van der Waals surface area contributed by atoms with Crippen LogP contribution in [-0.4, -0.2) is 37.7 Å². The molecule has 0 radical (unpaired) electrons. The SMILES string of the molecule is COCCN(C(CN)c1ccccc1)C(C)C1CC1. The molecule has 1 aliphatic carbocycles. The molecule has 19 heavy (non-hydrogen) atoms. The van der Waals surface area contributed by atoms with Gasteiger partial charge in [-0.25, -0.2) is 0 Å². The molecular formula is C16H26N2O. The summed E-state index contributed by atoms with van der Waals surface area (Å²) in [5.41, 5.74) is 7.37. The van der Waals surface area contributed by atoms with Crippen LogP contribution in [0.2, 0.25) is 0 Å². The Labute approximate surface area is 116 Å². The Hall–Kier alpha value is -0.900. The Morgan fingerprint density at radius 1 is 1.32 bits per heavy atom. The van der Waals surface area contributed by atoms with Crippen LogP contribution in [0.15, 0.2) is 30.3 Å². The van der Waals surface area contributed by atoms with Gasteiger partial charge in [-0.3, -0.25) is 4.90 Å². The second-order valence-electron chi connectivity index (χ2n) is 5.47. The van der Waals surface area contributed by atoms with E-state index in [9.17, 15) is 0 Å². The molecule has 1 aromatic carbocycles. The van der Waals surface area contributed by atoms with Gasteiger partial charge in [-0.05, 0) is 31.2 Å². The van der Waals surface area contributed by atoms with Crippen LogP contribution in [0.4, 0.5) is 0 Å². The van der Waals surface area contributed by atoms with Crippen LogP contribution in [0.3, 0.4) is 0 Å². The number of hydrogen-bond acceptors (Lipinski definition) is 3. The van der Waals surface area contributed by atoms with Gasteiger partial charge in [0.25, 0.3) is 0 Å². The second-order valence-corrected chi connectivity index (χ2v) is 5.47. The van der Waals surface area contributed by atoms with E-state index in [4.69, 9.17) is 10.5 Å². The predicted molar refractivity (Wildman–Crippen MR) is 79.0 cm³/mol. The summed E-state index contributed by atoms with van der Waals surface area (Å²) in [7, 11) is 1.76. The van der Waals surface area contributed by atoms with Crippen LogP contribution in [0.1, 0.15) is 31.4 Å². The number of nitrogens with zero attached hydrogens (tertiary/aromatic N) is 1. The van der Waals surface area contributed by atoms with Crippen LogP contribution in [0.25, 0.3) is 0 Å². The van der Waals surface area contributed by atoms with Crippen molar-refractivity contribution < 1.29 is 4.74 Å². The fraction of sp³-hybridized carbons (Fsp3) is 0.625. The molecule has 0 heterocycles. The minimum absolute atomic E-state index is 0.298. The fourth-order valence-electron chi connectivity index (χ4n) is 2.83. The maximum atomic E-state index is 6.05. The predicted octanol–water partition coefficient (Wildman–Crippen LogP) is 2.43. The Morgan fingerprint density at radius 2 is 2.00 bits per heavy atom. The normalized spacial score (nSPS) is 18.5. The fourth-order valence-corrected chi connectivity index (χ4v) is 2.83. The minimum Gasteiger partial charge on any atom is -0.383 e. The van der Waals surface area contributed by atoms with Crippen molar-refractivity contribution in [2.75, 3.05) is 26.8 Å². The van der Waals surface area contributed by atoms with Gasteiger partial charge in [0.2, 0.25) is 0 Å². The number of rotatable bonds is 8. The van der Waals surface area contributed by atoms with E-state index < -0.39 is 0 Å². The smallest absolute Gasteiger partial charge is 0.0590 e. The Kier molecular flexibility index (Phi) is 5.37. The molecule has 1 aliphatic rings. The summed E-state index contributed by atoms with van der Waals surface area (Å²) in [5, 5.41) is 0. The first-order valence-corrected chi connectivity index (χ1v) is 7.27. The van der Waals surface area contributed by atoms with Crippen molar-refractivity contribution >= 4 is 0 Å². The molecule has 0 spiro atoms. The zero-order valence-electron chi connectivity index (χ0n) is 12.1. The molecule has 2 rings (SSSR count). The molecule has 0 saturated heterocycles. The summed E-state index contributed by atoms with van der Waals surface area (Å²) in [6.45, 7) is 4.70. The van der Waals surface area contributed by atoms with Crippen LogP contribution < -0.4 is 5.73 Å². The van der Waals surface area contributed by atoms with Crippen molar-refractivity contribution in [3.63, 3.8) is 0 Å². The quantitative estimate of drug-likeness (QED) is 0.782. The van der Waals surface area contributed by atoms with Gasteiger partial charge in [0.1, 0.15) is 0 Å². The summed E-state index contributed by atoms with van der Waals surface area (Å²) in [6.07, 6.45) is 2.72. The van der Waals surface area contributed by atoms with Gasteiger partial charge in [0.15, 0.2) is 0 Å². The molecule has 2 N–H and O–H groups in total. The molecule has 106 valence electrons. The van der Waals surface area contributed by atoms with E-state index >= 15 is 0 Å². The first kappa shape index (κ1) is 14.5. The zero-order chi connectivity index (χ0) is 13.7. The molecular weight excluding hydrogens is 236 g/mol. The van der Waals surface area contributed by atoms with Crippen LogP contribution in [0, 0.1) is 5.92 Å². The number of ether oxygens (including phenoxy) is 1. The molecule has 3 nitrogen and oxygen atoms in total. The Bertz CT molecular complexity index is 364. The van der Waals surface area contributed by atoms with E-state index in [2.05, 4.69) is 42.2 Å². The third-order valence-electron chi connectivity index (χ3n) is 4.19. The largest absolute Gasteiger partial charge is 0.383 e. The second kappa shape index (κ2) is 7.04. The lowest BCUT2D eigenvalue weighted by molar-refractivity contribution is 0.0835. The van der Waals surface area contributed by atoms with E-state index in [1.807, 2.05) is 0 Å². The zero-order valence-corrected chi connectivity index (χ0v) is 12.1. The van der Waals surface area contributed by atoms with Crippen LogP contribution in [0.5, 0.6) is 0 Å². The van der Waals surface area contributed by atoms with Gasteiger partial charge in [0.05, 0.1) is 6.61 Å². The average Bonchev–Trinajstić information content (AvgIpc) is 3.28. The molecule has 1 aromatic rings. The van der Waals surface area contributed by atoms with Gasteiger partial charge in [-0.15, -0.1) is 0 Å². The lowest BCUT2D eigenvalue weighted by Gasteiger charge is -2.36. The highest BCUT2D eigenvalue weighted by molar-refractivity contribution is 5.19. The maximum absolute atomic E-state index is 6.05. The number of methoxy groups -OCH3 is 1. The molecule has 0 amide bonds. The molecule has 0 aliphatic heterocycles. The van der Waals surface area contributed by atoms with Crippen molar-refractivity contribution in [2.45, 2.75) is 31.8 Å². The van der Waals surface area contributed by atoms with Gasteiger partial charge < -0.3 is 10.5 Å². The molecule has 3 heteroatoms. The van der Waals surface area contributed by atoms with E-state index in [0.29, 0.717) is 18.6 Å². The maximum Gasteiger partial charge on any atom is 0.0590 e. The topological polar surface area (TPSA) is 38.5 Å². The van der Waals surface area contributed by atoms with Crippen molar-refractivity contribution in [2.24, 2.45) is 11.7 Å². The van der Waals surface area contributed by atoms with E-state index in [1.165, 1.54) is 18.4 Å². The van der Waals surface area contributed by atoms with Gasteiger partial charge in [-0.2, -0.15) is 0 Å². The first-order chi connectivity index (χ1) is 9.27. The van der Waals surface area contributed by atoms with Crippen LogP contribution in [-0.2, 0) is 4.74 Å². The lowest BCUT2D eigenvalue weighted by atomic mass is 10.0. The van der Waals surface area contributed by atoms with E-state index in [0.717, 1.165) is 19.1 Å².